The number of carbonyl (C=O) groups is 2. The van der Waals surface area contributed by atoms with E-state index in [0.29, 0.717) is 13.0 Å². The van der Waals surface area contributed by atoms with Crippen LogP contribution >= 0.6 is 0 Å². The molecule has 0 radical (unpaired) electrons. The van der Waals surface area contributed by atoms with Crippen molar-refractivity contribution in [2.75, 3.05) is 11.9 Å². The summed E-state index contributed by atoms with van der Waals surface area (Å²) in [4.78, 5) is 29.5. The van der Waals surface area contributed by atoms with Crippen LogP contribution in [-0.4, -0.2) is 35.3 Å². The van der Waals surface area contributed by atoms with E-state index in [1.807, 2.05) is 30.3 Å². The zero-order valence-corrected chi connectivity index (χ0v) is 13.9. The predicted molar refractivity (Wildman–Crippen MR) is 86.7 cm³/mol. The summed E-state index contributed by atoms with van der Waals surface area (Å²) in [6.45, 7) is 5.82. The molecular formula is C17H24N2O4. The lowest BCUT2D eigenvalue weighted by Gasteiger charge is -2.33. The van der Waals surface area contributed by atoms with Gasteiger partial charge in [-0.15, -0.1) is 5.06 Å². The monoisotopic (exact) mass is 320 g/mol. The molecular weight excluding hydrogens is 296 g/mol. The number of benzene rings is 1. The fourth-order valence-electron chi connectivity index (χ4n) is 2.39. The number of hydrogen-bond acceptors (Lipinski definition) is 5. The van der Waals surface area contributed by atoms with Gasteiger partial charge in [0, 0.05) is 12.2 Å². The molecule has 1 unspecified atom stereocenters. The predicted octanol–water partition coefficient (Wildman–Crippen LogP) is 3.35. The molecule has 0 spiro atoms. The number of piperidine rings is 1. The average molecular weight is 320 g/mol. The Balaban J connectivity index is 1.97. The Morgan fingerprint density at radius 2 is 1.87 bits per heavy atom. The van der Waals surface area contributed by atoms with Crippen molar-refractivity contribution in [3.8, 4) is 0 Å². The van der Waals surface area contributed by atoms with Crippen LogP contribution in [0.1, 0.15) is 40.0 Å². The normalized spacial score (nSPS) is 19.0. The van der Waals surface area contributed by atoms with Crippen LogP contribution in [0.25, 0.3) is 0 Å². The van der Waals surface area contributed by atoms with Gasteiger partial charge in [0.2, 0.25) is 5.91 Å². The Hall–Kier alpha value is -2.08. The van der Waals surface area contributed by atoms with Crippen molar-refractivity contribution in [1.29, 1.82) is 0 Å². The van der Waals surface area contributed by atoms with Crippen LogP contribution in [-0.2, 0) is 14.4 Å². The van der Waals surface area contributed by atoms with Crippen molar-refractivity contribution in [3.05, 3.63) is 30.3 Å². The van der Waals surface area contributed by atoms with Crippen LogP contribution in [0.5, 0.6) is 0 Å². The number of rotatable bonds is 3. The van der Waals surface area contributed by atoms with Gasteiger partial charge >= 0.3 is 6.16 Å². The van der Waals surface area contributed by atoms with Crippen LogP contribution in [0.4, 0.5) is 10.5 Å². The second-order valence-electron chi connectivity index (χ2n) is 6.56. The lowest BCUT2D eigenvalue weighted by molar-refractivity contribution is -0.179. The molecule has 2 rings (SSSR count). The molecule has 0 saturated carbocycles. The second kappa shape index (κ2) is 7.46. The Morgan fingerprint density at radius 1 is 1.17 bits per heavy atom. The van der Waals surface area contributed by atoms with Crippen molar-refractivity contribution in [3.63, 3.8) is 0 Å². The number of nitrogens with zero attached hydrogens (tertiary/aromatic N) is 1. The Morgan fingerprint density at radius 3 is 2.52 bits per heavy atom. The molecule has 6 heteroatoms. The molecule has 1 atom stereocenters. The van der Waals surface area contributed by atoms with Gasteiger partial charge in [-0.3, -0.25) is 4.79 Å². The summed E-state index contributed by atoms with van der Waals surface area (Å²) in [6.07, 6.45) is 1.65. The minimum Gasteiger partial charge on any atom is -0.427 e. The molecule has 0 aliphatic carbocycles. The Kier molecular flexibility index (Phi) is 5.60. The van der Waals surface area contributed by atoms with Gasteiger partial charge in [0.25, 0.3) is 0 Å². The largest absolute Gasteiger partial charge is 0.528 e. The Bertz CT molecular complexity index is 539. The summed E-state index contributed by atoms with van der Waals surface area (Å²) in [5, 5.41) is 4.28. The van der Waals surface area contributed by atoms with Crippen molar-refractivity contribution < 1.29 is 19.2 Å². The number of ether oxygens (including phenoxy) is 1. The minimum absolute atomic E-state index is 0.181. The molecule has 1 aliphatic heterocycles. The van der Waals surface area contributed by atoms with Gasteiger partial charge in [-0.25, -0.2) is 4.79 Å². The van der Waals surface area contributed by atoms with E-state index in [9.17, 15) is 9.59 Å². The third kappa shape index (κ3) is 5.56. The van der Waals surface area contributed by atoms with Gasteiger partial charge in [-0.1, -0.05) is 18.2 Å². The summed E-state index contributed by atoms with van der Waals surface area (Å²) >= 11 is 0. The van der Waals surface area contributed by atoms with E-state index < -0.39 is 17.8 Å². The number of hydroxylamine groups is 2. The van der Waals surface area contributed by atoms with Crippen LogP contribution < -0.4 is 5.32 Å². The third-order valence-electron chi connectivity index (χ3n) is 3.38. The van der Waals surface area contributed by atoms with E-state index in [1.165, 1.54) is 5.06 Å². The fraction of sp³-hybridized carbons (Fsp3) is 0.529. The number of amides is 1. The van der Waals surface area contributed by atoms with Crippen molar-refractivity contribution in [1.82, 2.24) is 5.06 Å². The lowest BCUT2D eigenvalue weighted by atomic mass is 10.0. The third-order valence-corrected chi connectivity index (χ3v) is 3.38. The van der Waals surface area contributed by atoms with Gasteiger partial charge in [-0.2, -0.15) is 0 Å². The van der Waals surface area contributed by atoms with Crippen LogP contribution in [0, 0.1) is 0 Å². The molecule has 1 aromatic rings. The smallest absolute Gasteiger partial charge is 0.427 e. The molecule has 6 nitrogen and oxygen atoms in total. The summed E-state index contributed by atoms with van der Waals surface area (Å²) < 4.78 is 5.15. The maximum atomic E-state index is 12.5. The first-order valence-corrected chi connectivity index (χ1v) is 7.89. The average Bonchev–Trinajstić information content (AvgIpc) is 2.46. The first-order chi connectivity index (χ1) is 10.8. The summed E-state index contributed by atoms with van der Waals surface area (Å²) in [5.41, 5.74) is 0.0922. The number of hydrogen-bond donors (Lipinski definition) is 1. The zero-order valence-electron chi connectivity index (χ0n) is 13.9. The molecule has 1 saturated heterocycles. The van der Waals surface area contributed by atoms with Crippen molar-refractivity contribution >= 4 is 17.7 Å². The molecule has 0 bridgehead atoms. The maximum absolute atomic E-state index is 12.5. The van der Waals surface area contributed by atoms with Crippen molar-refractivity contribution in [2.24, 2.45) is 0 Å². The summed E-state index contributed by atoms with van der Waals surface area (Å²) in [5.74, 6) is -0.181. The number of para-hydroxylation sites is 1. The van der Waals surface area contributed by atoms with Gasteiger partial charge in [-0.05, 0) is 52.2 Å². The van der Waals surface area contributed by atoms with E-state index in [1.54, 1.807) is 20.8 Å². The molecule has 1 fully saturated rings. The molecule has 1 amide bonds. The van der Waals surface area contributed by atoms with Gasteiger partial charge in [0.15, 0.2) is 0 Å². The highest BCUT2D eigenvalue weighted by Crippen LogP contribution is 2.20. The van der Waals surface area contributed by atoms with Crippen molar-refractivity contribution in [2.45, 2.75) is 51.7 Å². The number of anilines is 1. The molecule has 1 N–H and O–H groups in total. The van der Waals surface area contributed by atoms with E-state index >= 15 is 0 Å². The van der Waals surface area contributed by atoms with Crippen LogP contribution in [0.3, 0.4) is 0 Å². The zero-order chi connectivity index (χ0) is 16.9. The summed E-state index contributed by atoms with van der Waals surface area (Å²) in [6, 6.07) is 8.72. The van der Waals surface area contributed by atoms with E-state index in [4.69, 9.17) is 9.57 Å². The van der Waals surface area contributed by atoms with Crippen LogP contribution in [0.2, 0.25) is 0 Å². The molecule has 1 heterocycles. The second-order valence-corrected chi connectivity index (χ2v) is 6.56. The highest BCUT2D eigenvalue weighted by atomic mass is 16.8. The quantitative estimate of drug-likeness (QED) is 0.865. The molecule has 1 aromatic carbocycles. The molecule has 23 heavy (non-hydrogen) atoms. The standard InChI is InChI=1S/C17H24N2O4/c1-17(2,3)22-16(21)23-19-12-8-7-11-14(19)15(20)18-13-9-5-4-6-10-13/h4-6,9-10,14H,7-8,11-12H2,1-3H3,(H,18,20). The van der Waals surface area contributed by atoms with E-state index in [2.05, 4.69) is 5.32 Å². The SMILES string of the molecule is CC(C)(C)OC(=O)ON1CCCCC1C(=O)Nc1ccccc1. The summed E-state index contributed by atoms with van der Waals surface area (Å²) in [7, 11) is 0. The molecule has 126 valence electrons. The lowest BCUT2D eigenvalue weighted by Crippen LogP contribution is -2.48. The molecule has 0 aromatic heterocycles. The van der Waals surface area contributed by atoms with Gasteiger partial charge < -0.3 is 14.9 Å². The minimum atomic E-state index is -0.781. The van der Waals surface area contributed by atoms with Crippen LogP contribution in [0.15, 0.2) is 30.3 Å². The highest BCUT2D eigenvalue weighted by Gasteiger charge is 2.33. The van der Waals surface area contributed by atoms with Gasteiger partial charge in [0.05, 0.1) is 0 Å². The topological polar surface area (TPSA) is 67.9 Å². The van der Waals surface area contributed by atoms with Gasteiger partial charge in [0.1, 0.15) is 11.6 Å². The molecule has 1 aliphatic rings. The van der Waals surface area contributed by atoms with E-state index in [0.717, 1.165) is 18.5 Å². The first-order valence-electron chi connectivity index (χ1n) is 7.89. The van der Waals surface area contributed by atoms with E-state index in [-0.39, 0.29) is 5.91 Å². The highest BCUT2D eigenvalue weighted by molar-refractivity contribution is 5.94. The maximum Gasteiger partial charge on any atom is 0.528 e. The first kappa shape index (κ1) is 17.3. The fourth-order valence-corrected chi connectivity index (χ4v) is 2.39. The number of nitrogens with one attached hydrogen (secondary N) is 1. The Labute approximate surface area is 136 Å². The number of carbonyl (C=O) groups excluding carboxylic acids is 2.